The molecule has 0 bridgehead atoms. The van der Waals surface area contributed by atoms with Crippen LogP contribution in [-0.2, 0) is 0 Å². The van der Waals surface area contributed by atoms with E-state index in [1.807, 2.05) is 12.1 Å². The van der Waals surface area contributed by atoms with Gasteiger partial charge in [-0.2, -0.15) is 0 Å². The number of nitrogens with zero attached hydrogens (tertiary/aromatic N) is 1. The van der Waals surface area contributed by atoms with Gasteiger partial charge >= 0.3 is 0 Å². The molecule has 1 aromatic rings. The molecule has 1 saturated heterocycles. The average molecular weight is 249 g/mol. The Morgan fingerprint density at radius 2 is 2.28 bits per heavy atom. The molecular weight excluding hydrogens is 226 g/mol. The Hall–Kier alpha value is -1.06. The molecule has 1 aliphatic rings. The maximum absolute atomic E-state index is 9.38. The van der Waals surface area contributed by atoms with Crippen LogP contribution in [0, 0.1) is 12.8 Å². The van der Waals surface area contributed by atoms with Gasteiger partial charge in [0.25, 0.3) is 0 Å². The molecule has 0 aromatic heterocycles. The third-order valence-electron chi connectivity index (χ3n) is 3.82. The van der Waals surface area contributed by atoms with Gasteiger partial charge < -0.3 is 9.84 Å². The molecule has 0 saturated carbocycles. The van der Waals surface area contributed by atoms with E-state index in [1.165, 1.54) is 12.0 Å². The third-order valence-corrected chi connectivity index (χ3v) is 3.82. The highest BCUT2D eigenvalue weighted by Crippen LogP contribution is 2.23. The fourth-order valence-corrected chi connectivity index (χ4v) is 2.65. The molecule has 1 heterocycles. The van der Waals surface area contributed by atoms with Crippen LogP contribution in [0.25, 0.3) is 0 Å². The molecule has 0 amide bonds. The minimum absolute atomic E-state index is 0.256. The summed E-state index contributed by atoms with van der Waals surface area (Å²) >= 11 is 0. The molecule has 3 nitrogen and oxygen atoms in total. The molecule has 0 aliphatic carbocycles. The number of hydrogen-bond acceptors (Lipinski definition) is 3. The standard InChI is InChI=1S/C15H23NO2/c1-12-4-3-5-14(10-12)18-9-8-16-7-6-13(2)15(16)11-17/h3-5,10,13,15,17H,6-9,11H2,1-2H3. The monoisotopic (exact) mass is 249 g/mol. The first-order valence-electron chi connectivity index (χ1n) is 6.75. The molecule has 2 rings (SSSR count). The van der Waals surface area contributed by atoms with Crippen molar-refractivity contribution in [1.29, 1.82) is 0 Å². The van der Waals surface area contributed by atoms with Crippen LogP contribution < -0.4 is 4.74 Å². The van der Waals surface area contributed by atoms with E-state index in [1.54, 1.807) is 0 Å². The lowest BCUT2D eigenvalue weighted by Crippen LogP contribution is -2.37. The van der Waals surface area contributed by atoms with Crippen molar-refractivity contribution in [3.05, 3.63) is 29.8 Å². The molecule has 1 aromatic carbocycles. The SMILES string of the molecule is Cc1cccc(OCCN2CCC(C)C2CO)c1. The number of hydrogen-bond donors (Lipinski definition) is 1. The largest absolute Gasteiger partial charge is 0.492 e. The lowest BCUT2D eigenvalue weighted by molar-refractivity contribution is 0.123. The highest BCUT2D eigenvalue weighted by molar-refractivity contribution is 5.27. The van der Waals surface area contributed by atoms with Crippen LogP contribution in [0.4, 0.5) is 0 Å². The van der Waals surface area contributed by atoms with Crippen LogP contribution in [0.2, 0.25) is 0 Å². The molecule has 1 fully saturated rings. The normalized spacial score (nSPS) is 24.4. The number of benzene rings is 1. The molecule has 1 aliphatic heterocycles. The van der Waals surface area contributed by atoms with Gasteiger partial charge in [0.1, 0.15) is 12.4 Å². The van der Waals surface area contributed by atoms with E-state index in [0.717, 1.165) is 18.8 Å². The Kier molecular flexibility index (Phi) is 4.61. The number of aryl methyl sites for hydroxylation is 1. The second-order valence-corrected chi connectivity index (χ2v) is 5.22. The van der Waals surface area contributed by atoms with Crippen molar-refractivity contribution in [1.82, 2.24) is 4.90 Å². The second-order valence-electron chi connectivity index (χ2n) is 5.22. The minimum Gasteiger partial charge on any atom is -0.492 e. The van der Waals surface area contributed by atoms with E-state index in [0.29, 0.717) is 18.6 Å². The first kappa shape index (κ1) is 13.4. The van der Waals surface area contributed by atoms with Crippen LogP contribution in [0.3, 0.4) is 0 Å². The fourth-order valence-electron chi connectivity index (χ4n) is 2.65. The highest BCUT2D eigenvalue weighted by Gasteiger charge is 2.29. The van der Waals surface area contributed by atoms with E-state index in [-0.39, 0.29) is 6.61 Å². The van der Waals surface area contributed by atoms with Crippen molar-refractivity contribution in [2.75, 3.05) is 26.3 Å². The van der Waals surface area contributed by atoms with Gasteiger partial charge in [0.2, 0.25) is 0 Å². The summed E-state index contributed by atoms with van der Waals surface area (Å²) in [5.74, 6) is 1.52. The van der Waals surface area contributed by atoms with Crippen LogP contribution in [0.5, 0.6) is 5.75 Å². The van der Waals surface area contributed by atoms with E-state index in [4.69, 9.17) is 4.74 Å². The van der Waals surface area contributed by atoms with Crippen LogP contribution >= 0.6 is 0 Å². The number of aliphatic hydroxyl groups excluding tert-OH is 1. The average Bonchev–Trinajstić information content (AvgIpc) is 2.70. The molecule has 2 unspecified atom stereocenters. The first-order chi connectivity index (χ1) is 8.70. The molecule has 0 radical (unpaired) electrons. The topological polar surface area (TPSA) is 32.7 Å². The summed E-state index contributed by atoms with van der Waals surface area (Å²) < 4.78 is 5.75. The predicted molar refractivity (Wildman–Crippen MR) is 72.9 cm³/mol. The number of likely N-dealkylation sites (tertiary alicyclic amines) is 1. The summed E-state index contributed by atoms with van der Waals surface area (Å²) in [6.07, 6.45) is 1.18. The van der Waals surface area contributed by atoms with Gasteiger partial charge in [-0.15, -0.1) is 0 Å². The first-order valence-corrected chi connectivity index (χ1v) is 6.75. The van der Waals surface area contributed by atoms with Gasteiger partial charge in [0.15, 0.2) is 0 Å². The maximum atomic E-state index is 9.38. The molecule has 100 valence electrons. The lowest BCUT2D eigenvalue weighted by atomic mass is 10.0. The molecule has 2 atom stereocenters. The van der Waals surface area contributed by atoms with Crippen molar-refractivity contribution in [3.8, 4) is 5.75 Å². The Labute approximate surface area is 109 Å². The Balaban J connectivity index is 1.78. The maximum Gasteiger partial charge on any atom is 0.119 e. The molecule has 0 spiro atoms. The zero-order valence-corrected chi connectivity index (χ0v) is 11.3. The summed E-state index contributed by atoms with van der Waals surface area (Å²) in [5, 5.41) is 9.38. The zero-order valence-electron chi connectivity index (χ0n) is 11.3. The van der Waals surface area contributed by atoms with E-state index >= 15 is 0 Å². The van der Waals surface area contributed by atoms with Crippen LogP contribution in [-0.4, -0.2) is 42.4 Å². The molecular formula is C15H23NO2. The van der Waals surface area contributed by atoms with Crippen LogP contribution in [0.1, 0.15) is 18.9 Å². The fraction of sp³-hybridized carbons (Fsp3) is 0.600. The van der Waals surface area contributed by atoms with Crippen molar-refractivity contribution in [2.45, 2.75) is 26.3 Å². The van der Waals surface area contributed by atoms with Gasteiger partial charge in [-0.1, -0.05) is 19.1 Å². The Morgan fingerprint density at radius 1 is 1.44 bits per heavy atom. The summed E-state index contributed by atoms with van der Waals surface area (Å²) in [6.45, 7) is 7.18. The van der Waals surface area contributed by atoms with Crippen molar-refractivity contribution in [3.63, 3.8) is 0 Å². The zero-order chi connectivity index (χ0) is 13.0. The van der Waals surface area contributed by atoms with Gasteiger partial charge in [0, 0.05) is 12.6 Å². The molecule has 1 N–H and O–H groups in total. The van der Waals surface area contributed by atoms with Crippen molar-refractivity contribution >= 4 is 0 Å². The van der Waals surface area contributed by atoms with Gasteiger partial charge in [0.05, 0.1) is 6.61 Å². The Morgan fingerprint density at radius 3 is 3.00 bits per heavy atom. The van der Waals surface area contributed by atoms with Crippen LogP contribution in [0.15, 0.2) is 24.3 Å². The van der Waals surface area contributed by atoms with Crippen molar-refractivity contribution < 1.29 is 9.84 Å². The highest BCUT2D eigenvalue weighted by atomic mass is 16.5. The second kappa shape index (κ2) is 6.21. The van der Waals surface area contributed by atoms with Gasteiger partial charge in [-0.3, -0.25) is 4.90 Å². The summed E-state index contributed by atoms with van der Waals surface area (Å²) in [4.78, 5) is 2.33. The molecule has 18 heavy (non-hydrogen) atoms. The summed E-state index contributed by atoms with van der Waals surface area (Å²) in [7, 11) is 0. The van der Waals surface area contributed by atoms with Gasteiger partial charge in [-0.25, -0.2) is 0 Å². The smallest absolute Gasteiger partial charge is 0.119 e. The van der Waals surface area contributed by atoms with E-state index < -0.39 is 0 Å². The quantitative estimate of drug-likeness (QED) is 0.867. The van der Waals surface area contributed by atoms with E-state index in [9.17, 15) is 5.11 Å². The molecule has 3 heteroatoms. The number of rotatable bonds is 5. The summed E-state index contributed by atoms with van der Waals surface area (Å²) in [6, 6.07) is 8.43. The minimum atomic E-state index is 0.256. The number of aliphatic hydroxyl groups is 1. The Bertz CT molecular complexity index is 381. The third kappa shape index (κ3) is 3.24. The van der Waals surface area contributed by atoms with E-state index in [2.05, 4.69) is 30.9 Å². The summed E-state index contributed by atoms with van der Waals surface area (Å²) in [5.41, 5.74) is 1.22. The number of ether oxygens (including phenoxy) is 1. The lowest BCUT2D eigenvalue weighted by Gasteiger charge is -2.24. The van der Waals surface area contributed by atoms with Crippen molar-refractivity contribution in [2.24, 2.45) is 5.92 Å². The van der Waals surface area contributed by atoms with Gasteiger partial charge in [-0.05, 0) is 43.5 Å². The predicted octanol–water partition coefficient (Wildman–Crippen LogP) is 2.08.